The molecule has 0 aliphatic carbocycles. The van der Waals surface area contributed by atoms with E-state index in [2.05, 4.69) is 10.3 Å². The highest BCUT2D eigenvalue weighted by Crippen LogP contribution is 2.26. The Hall–Kier alpha value is -1.66. The van der Waals surface area contributed by atoms with E-state index >= 15 is 0 Å². The van der Waals surface area contributed by atoms with Gasteiger partial charge in [0.05, 0.1) is 12.5 Å². The van der Waals surface area contributed by atoms with E-state index in [4.69, 9.17) is 4.42 Å². The smallest absolute Gasteiger partial charge is 0.265 e. The van der Waals surface area contributed by atoms with Crippen LogP contribution in [0.15, 0.2) is 29.0 Å². The van der Waals surface area contributed by atoms with Crippen molar-refractivity contribution in [1.82, 2.24) is 15.2 Å². The molecule has 106 valence electrons. The molecule has 1 saturated heterocycles. The number of hydrogen-bond donors (Lipinski definition) is 1. The molecule has 6 heteroatoms. The van der Waals surface area contributed by atoms with E-state index in [1.807, 2.05) is 24.1 Å². The molecule has 20 heavy (non-hydrogen) atoms. The number of furan rings is 1. The maximum Gasteiger partial charge on any atom is 0.265 e. The van der Waals surface area contributed by atoms with Crippen LogP contribution in [0.4, 0.5) is 0 Å². The van der Waals surface area contributed by atoms with Crippen LogP contribution < -0.4 is 5.32 Å². The molecule has 0 saturated carbocycles. The lowest BCUT2D eigenvalue weighted by molar-refractivity contribution is 0.0712. The average Bonchev–Trinajstić information content (AvgIpc) is 3.17. The highest BCUT2D eigenvalue weighted by atomic mass is 32.1. The summed E-state index contributed by atoms with van der Waals surface area (Å²) in [6, 6.07) is 4.20. The van der Waals surface area contributed by atoms with Gasteiger partial charge in [0.15, 0.2) is 10.8 Å². The molecule has 1 aliphatic rings. The van der Waals surface area contributed by atoms with Crippen molar-refractivity contribution in [2.24, 2.45) is 0 Å². The van der Waals surface area contributed by atoms with Crippen LogP contribution >= 0.6 is 11.3 Å². The summed E-state index contributed by atoms with van der Waals surface area (Å²) in [6.45, 7) is 1.61. The Bertz CT molecular complexity index is 571. The van der Waals surface area contributed by atoms with Gasteiger partial charge in [-0.2, -0.15) is 0 Å². The van der Waals surface area contributed by atoms with Crippen molar-refractivity contribution in [3.8, 4) is 10.8 Å². The second kappa shape index (κ2) is 5.76. The quantitative estimate of drug-likeness (QED) is 0.942. The number of thiazole rings is 1. The fourth-order valence-corrected chi connectivity index (χ4v) is 3.27. The summed E-state index contributed by atoms with van der Waals surface area (Å²) in [6.07, 6.45) is 5.27. The number of piperidine rings is 1. The highest BCUT2D eigenvalue weighted by molar-refractivity contribution is 7.16. The van der Waals surface area contributed by atoms with Crippen LogP contribution in [0.5, 0.6) is 0 Å². The predicted octanol–water partition coefficient (Wildman–Crippen LogP) is 2.23. The van der Waals surface area contributed by atoms with Crippen molar-refractivity contribution >= 4 is 17.2 Å². The Labute approximate surface area is 121 Å². The monoisotopic (exact) mass is 291 g/mol. The summed E-state index contributed by atoms with van der Waals surface area (Å²) >= 11 is 1.39. The first-order chi connectivity index (χ1) is 9.78. The Kier molecular flexibility index (Phi) is 3.84. The number of rotatable bonds is 3. The largest absolute Gasteiger partial charge is 0.462 e. The van der Waals surface area contributed by atoms with Gasteiger partial charge in [0.2, 0.25) is 0 Å². The fraction of sp³-hybridized carbons (Fsp3) is 0.429. The van der Waals surface area contributed by atoms with Crippen LogP contribution in [0.3, 0.4) is 0 Å². The number of nitrogens with one attached hydrogen (secondary N) is 1. The van der Waals surface area contributed by atoms with Gasteiger partial charge < -0.3 is 14.6 Å². The maximum atomic E-state index is 12.4. The van der Waals surface area contributed by atoms with Crippen LogP contribution in [0, 0.1) is 0 Å². The van der Waals surface area contributed by atoms with Crippen LogP contribution in [-0.4, -0.2) is 42.0 Å². The highest BCUT2D eigenvalue weighted by Gasteiger charge is 2.24. The fourth-order valence-electron chi connectivity index (χ4n) is 2.41. The summed E-state index contributed by atoms with van der Waals surface area (Å²) in [5, 5.41) is 4.02. The van der Waals surface area contributed by atoms with Gasteiger partial charge in [-0.3, -0.25) is 4.79 Å². The molecule has 1 aliphatic heterocycles. The summed E-state index contributed by atoms with van der Waals surface area (Å²) in [5.74, 6) is 0.790. The minimum absolute atomic E-state index is 0.0786. The van der Waals surface area contributed by atoms with Crippen LogP contribution in [-0.2, 0) is 0 Å². The molecule has 3 rings (SSSR count). The summed E-state index contributed by atoms with van der Waals surface area (Å²) < 4.78 is 5.30. The Morgan fingerprint density at radius 2 is 2.30 bits per heavy atom. The topological polar surface area (TPSA) is 58.4 Å². The second-order valence-electron chi connectivity index (χ2n) is 4.86. The zero-order valence-electron chi connectivity index (χ0n) is 11.3. The lowest BCUT2D eigenvalue weighted by Crippen LogP contribution is -2.43. The van der Waals surface area contributed by atoms with Crippen molar-refractivity contribution in [2.45, 2.75) is 18.9 Å². The number of amides is 1. The molecule has 5 nitrogen and oxygen atoms in total. The van der Waals surface area contributed by atoms with Crippen LogP contribution in [0.2, 0.25) is 0 Å². The van der Waals surface area contributed by atoms with Crippen molar-refractivity contribution in [3.63, 3.8) is 0 Å². The van der Waals surface area contributed by atoms with E-state index in [0.29, 0.717) is 16.7 Å². The van der Waals surface area contributed by atoms with Crippen molar-refractivity contribution < 1.29 is 9.21 Å². The minimum atomic E-state index is 0.0786. The molecule has 1 amide bonds. The van der Waals surface area contributed by atoms with Crippen molar-refractivity contribution in [2.75, 3.05) is 20.1 Å². The molecule has 1 N–H and O–H groups in total. The third-order valence-electron chi connectivity index (χ3n) is 3.64. The molecule has 0 unspecified atom stereocenters. The number of carbonyl (C=O) groups excluding carboxylic acids is 1. The number of likely N-dealkylation sites (tertiary alicyclic amines) is 1. The minimum Gasteiger partial charge on any atom is -0.462 e. The molecule has 0 radical (unpaired) electrons. The molecule has 0 aromatic carbocycles. The molecule has 1 fully saturated rings. The molecule has 2 aromatic heterocycles. The van der Waals surface area contributed by atoms with Crippen molar-refractivity contribution in [1.29, 1.82) is 0 Å². The first-order valence-corrected chi connectivity index (χ1v) is 7.56. The third kappa shape index (κ3) is 2.62. The summed E-state index contributed by atoms with van der Waals surface area (Å²) in [7, 11) is 1.97. The van der Waals surface area contributed by atoms with Crippen LogP contribution in [0.25, 0.3) is 10.8 Å². The molecular weight excluding hydrogens is 274 g/mol. The van der Waals surface area contributed by atoms with E-state index in [1.54, 1.807) is 12.5 Å². The Morgan fingerprint density at radius 1 is 1.50 bits per heavy atom. The van der Waals surface area contributed by atoms with E-state index < -0.39 is 0 Å². The summed E-state index contributed by atoms with van der Waals surface area (Å²) in [5.41, 5.74) is 0. The second-order valence-corrected chi connectivity index (χ2v) is 5.89. The van der Waals surface area contributed by atoms with Gasteiger partial charge in [-0.25, -0.2) is 4.98 Å². The third-order valence-corrected chi connectivity index (χ3v) is 4.64. The number of hydrogen-bond acceptors (Lipinski definition) is 5. The van der Waals surface area contributed by atoms with E-state index in [1.165, 1.54) is 11.3 Å². The summed E-state index contributed by atoms with van der Waals surface area (Å²) in [4.78, 5) is 19.3. The average molecular weight is 291 g/mol. The molecule has 3 heterocycles. The van der Waals surface area contributed by atoms with Crippen molar-refractivity contribution in [3.05, 3.63) is 29.5 Å². The maximum absolute atomic E-state index is 12.4. The molecule has 0 spiro atoms. The van der Waals surface area contributed by atoms with Gasteiger partial charge in [-0.05, 0) is 32.0 Å². The Morgan fingerprint density at radius 3 is 2.95 bits per heavy atom. The Balaban J connectivity index is 1.69. The predicted molar refractivity (Wildman–Crippen MR) is 77.8 cm³/mol. The van der Waals surface area contributed by atoms with E-state index in [0.717, 1.165) is 30.9 Å². The lowest BCUT2D eigenvalue weighted by Gasteiger charge is -2.31. The SMILES string of the molecule is CNC1CCN(C(=O)c2cnc(-c3ccco3)s2)CC1. The molecule has 0 bridgehead atoms. The first kappa shape index (κ1) is 13.3. The van der Waals surface area contributed by atoms with E-state index in [9.17, 15) is 4.79 Å². The number of carbonyl (C=O) groups is 1. The van der Waals surface area contributed by atoms with Gasteiger partial charge in [0.1, 0.15) is 4.88 Å². The van der Waals surface area contributed by atoms with E-state index in [-0.39, 0.29) is 5.91 Å². The van der Waals surface area contributed by atoms with Gasteiger partial charge in [0, 0.05) is 19.1 Å². The molecular formula is C14H17N3O2S. The lowest BCUT2D eigenvalue weighted by atomic mass is 10.1. The van der Waals surface area contributed by atoms with Gasteiger partial charge in [-0.15, -0.1) is 11.3 Å². The van der Waals surface area contributed by atoms with Crippen LogP contribution in [0.1, 0.15) is 22.5 Å². The number of aromatic nitrogens is 1. The van der Waals surface area contributed by atoms with Gasteiger partial charge >= 0.3 is 0 Å². The van der Waals surface area contributed by atoms with Gasteiger partial charge in [-0.1, -0.05) is 0 Å². The standard InChI is InChI=1S/C14H17N3O2S/c1-15-10-4-6-17(7-5-10)14(18)12-9-16-13(20-12)11-3-2-8-19-11/h2-3,8-10,15H,4-7H2,1H3. The zero-order chi connectivity index (χ0) is 13.9. The molecule has 2 aromatic rings. The number of nitrogens with zero attached hydrogens (tertiary/aromatic N) is 2. The normalized spacial score (nSPS) is 16.6. The zero-order valence-corrected chi connectivity index (χ0v) is 12.2. The molecule has 0 atom stereocenters. The van der Waals surface area contributed by atoms with Gasteiger partial charge in [0.25, 0.3) is 5.91 Å². The first-order valence-electron chi connectivity index (χ1n) is 6.74.